The van der Waals surface area contributed by atoms with Crippen LogP contribution in [0.5, 0.6) is 0 Å². The van der Waals surface area contributed by atoms with Crippen LogP contribution in [0.4, 0.5) is 15.0 Å². The molecular weight excluding hydrogens is 491 g/mol. The van der Waals surface area contributed by atoms with Crippen molar-refractivity contribution in [2.24, 2.45) is 0 Å². The Labute approximate surface area is 200 Å². The minimum absolute atomic E-state index is 0.0718. The third-order valence-corrected chi connectivity index (χ3v) is 6.62. The van der Waals surface area contributed by atoms with Crippen LogP contribution in [-0.4, -0.2) is 65.1 Å². The van der Waals surface area contributed by atoms with Crippen LogP contribution in [-0.2, 0) is 4.74 Å². The fourth-order valence-corrected chi connectivity index (χ4v) is 4.37. The molecule has 2 unspecified atom stereocenters. The standard InChI is InChI=1S/C23H26BrFN6O2/c1-15-21(24)22(31(29-15)17-6-4-3-5-7-17)28-23(32)27-20-14-30(10-11-33-2)13-18(20)19-9-8-16(25)12-26-19/h3-9,12,18,20H,10-11,13-14H2,1-2H3,(H2,27,28,32). The quantitative estimate of drug-likeness (QED) is 0.500. The maximum atomic E-state index is 13.4. The zero-order chi connectivity index (χ0) is 23.4. The lowest BCUT2D eigenvalue weighted by atomic mass is 9.99. The molecule has 0 radical (unpaired) electrons. The van der Waals surface area contributed by atoms with Gasteiger partial charge in [-0.3, -0.25) is 15.2 Å². The maximum Gasteiger partial charge on any atom is 0.320 e. The number of anilines is 1. The molecule has 174 valence electrons. The first kappa shape index (κ1) is 23.3. The van der Waals surface area contributed by atoms with Gasteiger partial charge in [-0.05, 0) is 47.1 Å². The number of hydrogen-bond acceptors (Lipinski definition) is 5. The lowest BCUT2D eigenvalue weighted by molar-refractivity contribution is 0.159. The number of rotatable bonds is 7. The predicted molar refractivity (Wildman–Crippen MR) is 127 cm³/mol. The summed E-state index contributed by atoms with van der Waals surface area (Å²) in [5.41, 5.74) is 2.34. The highest BCUT2D eigenvalue weighted by molar-refractivity contribution is 9.10. The Balaban J connectivity index is 1.52. The summed E-state index contributed by atoms with van der Waals surface area (Å²) < 4.78 is 21.0. The number of ether oxygens (including phenoxy) is 1. The lowest BCUT2D eigenvalue weighted by Crippen LogP contribution is -2.42. The van der Waals surface area contributed by atoms with E-state index in [9.17, 15) is 9.18 Å². The van der Waals surface area contributed by atoms with Crippen molar-refractivity contribution in [1.82, 2.24) is 25.0 Å². The van der Waals surface area contributed by atoms with Gasteiger partial charge in [0.15, 0.2) is 5.82 Å². The van der Waals surface area contributed by atoms with Crippen LogP contribution in [0, 0.1) is 12.7 Å². The second-order valence-electron chi connectivity index (χ2n) is 7.96. The highest BCUT2D eigenvalue weighted by atomic mass is 79.9. The summed E-state index contributed by atoms with van der Waals surface area (Å²) in [6.45, 7) is 4.52. The van der Waals surface area contributed by atoms with E-state index in [0.29, 0.717) is 30.0 Å². The Morgan fingerprint density at radius 1 is 1.24 bits per heavy atom. The molecule has 1 saturated heterocycles. The first-order valence-electron chi connectivity index (χ1n) is 10.7. The lowest BCUT2D eigenvalue weighted by Gasteiger charge is -2.20. The molecule has 4 rings (SSSR count). The Morgan fingerprint density at radius 3 is 2.73 bits per heavy atom. The molecule has 1 aliphatic heterocycles. The van der Waals surface area contributed by atoms with Crippen LogP contribution in [0.1, 0.15) is 17.3 Å². The molecule has 2 N–H and O–H groups in total. The second-order valence-corrected chi connectivity index (χ2v) is 8.75. The van der Waals surface area contributed by atoms with Gasteiger partial charge in [-0.25, -0.2) is 13.9 Å². The number of nitrogens with one attached hydrogen (secondary N) is 2. The van der Waals surface area contributed by atoms with E-state index in [0.717, 1.165) is 23.6 Å². The van der Waals surface area contributed by atoms with Gasteiger partial charge < -0.3 is 10.1 Å². The number of urea groups is 1. The van der Waals surface area contributed by atoms with E-state index in [1.54, 1.807) is 17.9 Å². The van der Waals surface area contributed by atoms with Crippen LogP contribution >= 0.6 is 15.9 Å². The Morgan fingerprint density at radius 2 is 2.03 bits per heavy atom. The Bertz CT molecular complexity index is 1090. The SMILES string of the molecule is COCCN1CC(NC(=O)Nc2c(Br)c(C)nn2-c2ccccc2)C(c2ccc(F)cn2)C1. The maximum absolute atomic E-state index is 13.4. The molecule has 8 nitrogen and oxygen atoms in total. The molecular formula is C23H26BrFN6O2. The van der Waals surface area contributed by atoms with Crippen molar-refractivity contribution in [2.45, 2.75) is 18.9 Å². The zero-order valence-electron chi connectivity index (χ0n) is 18.5. The Hall–Kier alpha value is -2.82. The monoisotopic (exact) mass is 516 g/mol. The number of nitrogens with zero attached hydrogens (tertiary/aromatic N) is 4. The van der Waals surface area contributed by atoms with Crippen LogP contribution in [0.25, 0.3) is 5.69 Å². The number of hydrogen-bond donors (Lipinski definition) is 2. The molecule has 2 atom stereocenters. The molecule has 0 spiro atoms. The molecule has 2 amide bonds. The molecule has 1 aliphatic rings. The summed E-state index contributed by atoms with van der Waals surface area (Å²) in [4.78, 5) is 19.5. The van der Waals surface area contributed by atoms with Gasteiger partial charge in [-0.15, -0.1) is 0 Å². The van der Waals surface area contributed by atoms with E-state index in [1.807, 2.05) is 37.3 Å². The summed E-state index contributed by atoms with van der Waals surface area (Å²) in [6, 6.07) is 12.1. The normalized spacial score (nSPS) is 18.4. The van der Waals surface area contributed by atoms with Gasteiger partial charge in [0.1, 0.15) is 5.82 Å². The minimum atomic E-state index is -0.385. The predicted octanol–water partition coefficient (Wildman–Crippen LogP) is 3.71. The topological polar surface area (TPSA) is 84.3 Å². The first-order valence-corrected chi connectivity index (χ1v) is 11.5. The summed E-state index contributed by atoms with van der Waals surface area (Å²) >= 11 is 3.54. The van der Waals surface area contributed by atoms with E-state index < -0.39 is 0 Å². The van der Waals surface area contributed by atoms with Crippen LogP contribution in [0.2, 0.25) is 0 Å². The van der Waals surface area contributed by atoms with E-state index >= 15 is 0 Å². The number of aromatic nitrogens is 3. The van der Waals surface area contributed by atoms with Crippen LogP contribution < -0.4 is 10.6 Å². The van der Waals surface area contributed by atoms with Gasteiger partial charge in [0, 0.05) is 38.4 Å². The zero-order valence-corrected chi connectivity index (χ0v) is 20.0. The third kappa shape index (κ3) is 5.40. The van der Waals surface area contributed by atoms with E-state index in [1.165, 1.54) is 12.3 Å². The number of aryl methyl sites for hydroxylation is 1. The smallest absolute Gasteiger partial charge is 0.320 e. The number of likely N-dealkylation sites (tertiary alicyclic amines) is 1. The van der Waals surface area contributed by atoms with Gasteiger partial charge in [-0.1, -0.05) is 18.2 Å². The van der Waals surface area contributed by atoms with Crippen LogP contribution in [0.15, 0.2) is 53.1 Å². The van der Waals surface area contributed by atoms with Crippen molar-refractivity contribution in [3.63, 3.8) is 0 Å². The fourth-order valence-electron chi connectivity index (χ4n) is 4.02. The van der Waals surface area contributed by atoms with E-state index in [4.69, 9.17) is 4.74 Å². The summed E-state index contributed by atoms with van der Waals surface area (Å²) in [6.07, 6.45) is 1.21. The number of carbonyl (C=O) groups is 1. The van der Waals surface area contributed by atoms with Crippen molar-refractivity contribution in [1.29, 1.82) is 0 Å². The van der Waals surface area contributed by atoms with E-state index in [-0.39, 0.29) is 23.8 Å². The van der Waals surface area contributed by atoms with Crippen molar-refractivity contribution in [2.75, 3.05) is 38.7 Å². The van der Waals surface area contributed by atoms with E-state index in [2.05, 4.69) is 41.5 Å². The first-order chi connectivity index (χ1) is 16.0. The number of methoxy groups -OCH3 is 1. The van der Waals surface area contributed by atoms with Crippen LogP contribution in [0.3, 0.4) is 0 Å². The summed E-state index contributed by atoms with van der Waals surface area (Å²) in [7, 11) is 1.66. The second kappa shape index (κ2) is 10.4. The fraction of sp³-hybridized carbons (Fsp3) is 0.348. The van der Waals surface area contributed by atoms with Crippen molar-refractivity contribution in [3.05, 3.63) is 70.3 Å². The third-order valence-electron chi connectivity index (χ3n) is 5.67. The molecule has 2 aromatic heterocycles. The van der Waals surface area contributed by atoms with Crippen molar-refractivity contribution >= 4 is 27.8 Å². The van der Waals surface area contributed by atoms with Gasteiger partial charge in [0.2, 0.25) is 0 Å². The molecule has 1 fully saturated rings. The number of benzene rings is 1. The van der Waals surface area contributed by atoms with Gasteiger partial charge in [-0.2, -0.15) is 5.10 Å². The number of halogens is 2. The molecule has 3 aromatic rings. The van der Waals surface area contributed by atoms with Crippen molar-refractivity contribution < 1.29 is 13.9 Å². The summed E-state index contributed by atoms with van der Waals surface area (Å²) in [5.74, 6) is 0.0870. The Kier molecular flexibility index (Phi) is 7.36. The number of amides is 2. The summed E-state index contributed by atoms with van der Waals surface area (Å²) in [5, 5.41) is 10.6. The molecule has 0 bridgehead atoms. The van der Waals surface area contributed by atoms with Gasteiger partial charge in [0.25, 0.3) is 0 Å². The van der Waals surface area contributed by atoms with Gasteiger partial charge in [0.05, 0.1) is 34.7 Å². The average Bonchev–Trinajstić information content (AvgIpc) is 3.34. The molecule has 33 heavy (non-hydrogen) atoms. The number of para-hydroxylation sites is 1. The molecule has 0 saturated carbocycles. The molecule has 3 heterocycles. The highest BCUT2D eigenvalue weighted by Crippen LogP contribution is 2.30. The van der Waals surface area contributed by atoms with Crippen molar-refractivity contribution in [3.8, 4) is 5.69 Å². The number of pyridine rings is 1. The molecule has 1 aromatic carbocycles. The largest absolute Gasteiger partial charge is 0.383 e. The minimum Gasteiger partial charge on any atom is -0.383 e. The molecule has 10 heteroatoms. The average molecular weight is 517 g/mol. The highest BCUT2D eigenvalue weighted by Gasteiger charge is 2.35. The molecule has 0 aliphatic carbocycles. The number of carbonyl (C=O) groups excluding carboxylic acids is 1. The van der Waals surface area contributed by atoms with Gasteiger partial charge >= 0.3 is 6.03 Å².